The number of fused-ring (bicyclic) bond motifs is 3. The van der Waals surface area contributed by atoms with Crippen molar-refractivity contribution in [1.82, 2.24) is 0 Å². The zero-order chi connectivity index (χ0) is 17.3. The summed E-state index contributed by atoms with van der Waals surface area (Å²) in [4.78, 5) is 0. The molecule has 0 bridgehead atoms. The molecule has 3 fully saturated rings. The molecule has 0 unspecified atom stereocenters. The molecule has 0 aromatic carbocycles. The first-order valence-electron chi connectivity index (χ1n) is 9.19. The Morgan fingerprint density at radius 2 is 1.68 bits per heavy atom. The first kappa shape index (κ1) is 22.6. The Balaban J connectivity index is 0.000000231. The van der Waals surface area contributed by atoms with Gasteiger partial charge in [-0.3, -0.25) is 0 Å². The molecule has 0 amide bonds. The maximum atomic E-state index is 9.68. The van der Waals surface area contributed by atoms with E-state index in [2.05, 4.69) is 20.8 Å². The molecule has 0 spiro atoms. The van der Waals surface area contributed by atoms with Gasteiger partial charge in [0.05, 0.1) is 22.9 Å². The standard InChI is InChI=1S/C10H18O2.C10H16O.CH4.H2O/c1-9(2,11)8-4-6-10(3,12)7-5-8;1-9(2)6-4-5-10(3)8(11-10)7(6)9;;/h4,6,8,11-12H,5,7H2,1-3H3;6-8H,4-5H2,1-3H3;1H4;1H2/t8-,10-;6-,7-,8+,10-;;/m01../s1. The molecule has 148 valence electrons. The molecule has 1 aliphatic heterocycles. The van der Waals surface area contributed by atoms with Crippen molar-refractivity contribution in [1.29, 1.82) is 0 Å². The Bertz CT molecular complexity index is 503. The van der Waals surface area contributed by atoms with Gasteiger partial charge in [0.1, 0.15) is 0 Å². The number of aliphatic hydroxyl groups is 2. The van der Waals surface area contributed by atoms with Crippen LogP contribution in [-0.2, 0) is 4.74 Å². The van der Waals surface area contributed by atoms with E-state index in [0.29, 0.717) is 17.1 Å². The lowest BCUT2D eigenvalue weighted by Gasteiger charge is -2.33. The summed E-state index contributed by atoms with van der Waals surface area (Å²) in [5.74, 6) is 2.07. The highest BCUT2D eigenvalue weighted by Gasteiger charge is 2.74. The van der Waals surface area contributed by atoms with Crippen LogP contribution in [0.1, 0.15) is 74.7 Å². The quantitative estimate of drug-likeness (QED) is 0.557. The van der Waals surface area contributed by atoms with Crippen LogP contribution >= 0.6 is 0 Å². The van der Waals surface area contributed by atoms with E-state index < -0.39 is 11.2 Å². The van der Waals surface area contributed by atoms with Gasteiger partial charge in [-0.05, 0) is 70.6 Å². The lowest BCUT2D eigenvalue weighted by atomic mass is 9.79. The highest BCUT2D eigenvalue weighted by molar-refractivity contribution is 5.21. The molecule has 1 saturated heterocycles. The molecule has 6 atom stereocenters. The monoisotopic (exact) mass is 356 g/mol. The molecular weight excluding hydrogens is 316 g/mol. The Morgan fingerprint density at radius 1 is 1.08 bits per heavy atom. The fourth-order valence-corrected chi connectivity index (χ4v) is 4.83. The lowest BCUT2D eigenvalue weighted by Crippen LogP contribution is -2.35. The third kappa shape index (κ3) is 4.29. The summed E-state index contributed by atoms with van der Waals surface area (Å²) in [6.45, 7) is 12.5. The van der Waals surface area contributed by atoms with E-state index in [9.17, 15) is 10.2 Å². The first-order valence-corrected chi connectivity index (χ1v) is 9.19. The summed E-state index contributed by atoms with van der Waals surface area (Å²) < 4.78 is 5.75. The van der Waals surface area contributed by atoms with E-state index in [-0.39, 0.29) is 18.8 Å². The van der Waals surface area contributed by atoms with Gasteiger partial charge in [-0.1, -0.05) is 33.4 Å². The van der Waals surface area contributed by atoms with Gasteiger partial charge < -0.3 is 20.4 Å². The zero-order valence-corrected chi connectivity index (χ0v) is 16.1. The maximum absolute atomic E-state index is 9.68. The molecule has 4 rings (SSSR count). The van der Waals surface area contributed by atoms with Crippen LogP contribution in [0.5, 0.6) is 0 Å². The van der Waals surface area contributed by atoms with Gasteiger partial charge in [0, 0.05) is 5.92 Å². The second kappa shape index (κ2) is 6.63. The smallest absolute Gasteiger partial charge is 0.0923 e. The molecule has 4 nitrogen and oxygen atoms in total. The van der Waals surface area contributed by atoms with Gasteiger partial charge in [-0.2, -0.15) is 0 Å². The molecule has 3 aliphatic carbocycles. The third-order valence-electron chi connectivity index (χ3n) is 6.91. The van der Waals surface area contributed by atoms with Gasteiger partial charge in [0.15, 0.2) is 0 Å². The first-order chi connectivity index (χ1) is 10.4. The molecule has 4 heteroatoms. The van der Waals surface area contributed by atoms with Crippen molar-refractivity contribution < 1.29 is 20.4 Å². The molecule has 1 heterocycles. The summed E-state index contributed by atoms with van der Waals surface area (Å²) in [5, 5.41) is 19.3. The van der Waals surface area contributed by atoms with Gasteiger partial charge in [-0.25, -0.2) is 0 Å². The minimum Gasteiger partial charge on any atom is -0.412 e. The van der Waals surface area contributed by atoms with Gasteiger partial charge in [-0.15, -0.1) is 0 Å². The zero-order valence-electron chi connectivity index (χ0n) is 16.1. The minimum absolute atomic E-state index is 0. The van der Waals surface area contributed by atoms with Crippen molar-refractivity contribution in [3.63, 3.8) is 0 Å². The van der Waals surface area contributed by atoms with E-state index in [0.717, 1.165) is 24.7 Å². The van der Waals surface area contributed by atoms with E-state index >= 15 is 0 Å². The SMILES string of the molecule is C.CC(C)(O)[C@H]1C=C[C@](C)(O)CC1.CC1(C)[C@@H]2[C@H]1CC[C@@]1(C)O[C@@H]21.O. The van der Waals surface area contributed by atoms with E-state index in [1.54, 1.807) is 13.0 Å². The van der Waals surface area contributed by atoms with Crippen LogP contribution in [0.2, 0.25) is 0 Å². The fraction of sp³-hybridized carbons (Fsp3) is 0.905. The second-order valence-electron chi connectivity index (χ2n) is 9.86. The second-order valence-corrected chi connectivity index (χ2v) is 9.86. The van der Waals surface area contributed by atoms with Crippen LogP contribution in [0.15, 0.2) is 12.2 Å². The molecule has 0 radical (unpaired) electrons. The van der Waals surface area contributed by atoms with Crippen molar-refractivity contribution in [2.24, 2.45) is 23.2 Å². The molecule has 4 N–H and O–H groups in total. The normalized spacial score (nSPS) is 45.4. The van der Waals surface area contributed by atoms with Crippen molar-refractivity contribution in [3.05, 3.63) is 12.2 Å². The number of hydrogen-bond donors (Lipinski definition) is 2. The average Bonchev–Trinajstić information content (AvgIpc) is 3.22. The summed E-state index contributed by atoms with van der Waals surface area (Å²) >= 11 is 0. The molecule has 0 aromatic heterocycles. The largest absolute Gasteiger partial charge is 0.412 e. The molecule has 0 aromatic rings. The Hall–Kier alpha value is -0.420. The minimum atomic E-state index is -0.665. The van der Waals surface area contributed by atoms with Crippen LogP contribution < -0.4 is 0 Å². The Kier molecular flexibility index (Phi) is 6.00. The van der Waals surface area contributed by atoms with Crippen molar-refractivity contribution in [3.8, 4) is 0 Å². The molecular formula is C21H40O4. The topological polar surface area (TPSA) is 84.5 Å². The lowest BCUT2D eigenvalue weighted by molar-refractivity contribution is 0.0114. The predicted molar refractivity (Wildman–Crippen MR) is 102 cm³/mol. The van der Waals surface area contributed by atoms with Crippen LogP contribution in [0.4, 0.5) is 0 Å². The number of hydrogen-bond acceptors (Lipinski definition) is 3. The van der Waals surface area contributed by atoms with Crippen molar-refractivity contribution >= 4 is 0 Å². The fourth-order valence-electron chi connectivity index (χ4n) is 4.83. The van der Waals surface area contributed by atoms with Gasteiger partial charge in [0.25, 0.3) is 0 Å². The predicted octanol–water partition coefficient (Wildman–Crippen LogP) is 3.50. The van der Waals surface area contributed by atoms with Crippen LogP contribution in [-0.4, -0.2) is 38.6 Å². The third-order valence-corrected chi connectivity index (χ3v) is 6.91. The van der Waals surface area contributed by atoms with Crippen LogP contribution in [0.3, 0.4) is 0 Å². The number of epoxide rings is 1. The van der Waals surface area contributed by atoms with Crippen molar-refractivity contribution in [2.45, 2.75) is 97.6 Å². The van der Waals surface area contributed by atoms with Gasteiger partial charge >= 0.3 is 0 Å². The van der Waals surface area contributed by atoms with E-state index in [4.69, 9.17) is 4.74 Å². The van der Waals surface area contributed by atoms with Crippen LogP contribution in [0, 0.1) is 23.2 Å². The van der Waals surface area contributed by atoms with E-state index in [1.165, 1.54) is 12.8 Å². The summed E-state index contributed by atoms with van der Waals surface area (Å²) in [7, 11) is 0. The maximum Gasteiger partial charge on any atom is 0.0923 e. The highest BCUT2D eigenvalue weighted by atomic mass is 16.6. The highest BCUT2D eigenvalue weighted by Crippen LogP contribution is 2.72. The summed E-state index contributed by atoms with van der Waals surface area (Å²) in [6, 6.07) is 0. The summed E-state index contributed by atoms with van der Waals surface area (Å²) in [6.07, 6.45) is 8.65. The van der Waals surface area contributed by atoms with E-state index in [1.807, 2.05) is 19.9 Å². The average molecular weight is 357 g/mol. The summed E-state index contributed by atoms with van der Waals surface area (Å²) in [5.41, 5.74) is -0.400. The Labute approximate surface area is 154 Å². The van der Waals surface area contributed by atoms with Crippen molar-refractivity contribution in [2.75, 3.05) is 0 Å². The van der Waals surface area contributed by atoms with Gasteiger partial charge in [0.2, 0.25) is 0 Å². The number of ether oxygens (including phenoxy) is 1. The Morgan fingerprint density at radius 3 is 2.12 bits per heavy atom. The molecule has 25 heavy (non-hydrogen) atoms. The van der Waals surface area contributed by atoms with Crippen LogP contribution in [0.25, 0.3) is 0 Å². The molecule has 2 saturated carbocycles. The number of rotatable bonds is 1. The molecule has 4 aliphatic rings.